The average Bonchev–Trinajstić information content (AvgIpc) is 1.74. The van der Waals surface area contributed by atoms with Crippen molar-refractivity contribution in [2.75, 3.05) is 52.4 Å². The monoisotopic (exact) mass is 2060 g/mol. The van der Waals surface area contributed by atoms with E-state index in [1.54, 1.807) is 0 Å². The SMILES string of the molecule is Cc1n(C(C)C2CCCCN2)cc[n+]1C.Cc1n(C(C)C2CCCCN2)cc[n+]1C.Cc1n(C(C)C2CCCCN2)cc[n+]1C.Cc1n(C(C)C2CCCCN2)cc[n+]1C.Cc1n(C(C)C2CCCCN2)cc[n+]1C.Cc1n(C(C)C2CCCCN2)cc[n+]1C.Cc1n(C(C)C2CCCCN2)cc[n+]1C.Cc1n(C(C)C2CCCCN2)cc[n+]1C.O=P([O-])([O-])F.O=P([O-])([O-])F.O=P([O-])([O-])F.O=P([O-])([O-])F. The molecule has 44 heteroatoms. The van der Waals surface area contributed by atoms with E-state index in [1.165, 1.54) is 253 Å². The number of halogens is 4. The minimum Gasteiger partial charge on any atom is -0.786 e. The Morgan fingerprint density at radius 2 is 0.307 bits per heavy atom. The Bertz CT molecular complexity index is 4100. The van der Waals surface area contributed by atoms with Crippen LogP contribution >= 0.6 is 31.6 Å². The standard InChI is InChI=1S/8C12H22N3.4FH2O3P/c8*1-10(12-6-4-5-7-13-12)15-9-8-14(3)11(15)2;4*1-5(2,3)4/h8*8-10,12-13H,4-7H2,1-3H3;4*(H2,2,3,4)/q8*+1;;;;/p-8. The van der Waals surface area contributed by atoms with Crippen molar-refractivity contribution in [3.8, 4) is 0 Å². The number of aryl methyl sites for hydroxylation is 8. The molecule has 0 bridgehead atoms. The maximum absolute atomic E-state index is 10.1. The molecule has 16 unspecified atom stereocenters. The topological polar surface area (TPSA) is 419 Å². The van der Waals surface area contributed by atoms with Gasteiger partial charge in [-0.05, 0) is 210 Å². The van der Waals surface area contributed by atoms with E-state index in [1.807, 2.05) is 0 Å². The lowest BCUT2D eigenvalue weighted by molar-refractivity contribution is -0.677. The first-order valence-electron chi connectivity index (χ1n) is 50.6. The fourth-order valence-corrected chi connectivity index (χ4v) is 19.9. The Hall–Kier alpha value is -6.32. The predicted molar refractivity (Wildman–Crippen MR) is 520 cm³/mol. The smallest absolute Gasteiger partial charge is 0.253 e. The second-order valence-corrected chi connectivity index (χ2v) is 42.5. The molecule has 0 saturated carbocycles. The maximum atomic E-state index is 10.1. The second kappa shape index (κ2) is 61.3. The largest absolute Gasteiger partial charge is 0.786 e. The molecule has 16 rings (SSSR count). The van der Waals surface area contributed by atoms with Gasteiger partial charge < -0.3 is 99.9 Å². The van der Waals surface area contributed by atoms with E-state index in [0.29, 0.717) is 96.7 Å². The Morgan fingerprint density at radius 1 is 0.221 bits per heavy atom. The Morgan fingerprint density at radius 3 is 0.364 bits per heavy atom. The third-order valence-electron chi connectivity index (χ3n) is 29.6. The van der Waals surface area contributed by atoms with Crippen LogP contribution in [0.1, 0.15) is 304 Å². The van der Waals surface area contributed by atoms with Crippen molar-refractivity contribution in [3.05, 3.63) is 146 Å². The summed E-state index contributed by atoms with van der Waals surface area (Å²) in [4.78, 5) is 67.5. The highest BCUT2D eigenvalue weighted by atomic mass is 31.2. The van der Waals surface area contributed by atoms with Crippen LogP contribution < -0.4 is 118 Å². The van der Waals surface area contributed by atoms with Gasteiger partial charge in [-0.3, -0.25) is 0 Å². The number of nitrogens with zero attached hydrogens (tertiary/aromatic N) is 16. The summed E-state index contributed by atoms with van der Waals surface area (Å²) in [5.41, 5.74) is 0. The number of piperidine rings is 8. The summed E-state index contributed by atoms with van der Waals surface area (Å²) in [6, 6.07) is 9.64. The molecule has 8 aromatic rings. The summed E-state index contributed by atoms with van der Waals surface area (Å²) in [7, 11) is -5.72. The second-order valence-electron chi connectivity index (χ2n) is 39.0. The van der Waals surface area contributed by atoms with Crippen LogP contribution in [-0.2, 0) is 74.6 Å². The molecule has 0 spiro atoms. The summed E-state index contributed by atoms with van der Waals surface area (Å²) in [5.74, 6) is 10.6. The van der Waals surface area contributed by atoms with Crippen molar-refractivity contribution in [2.24, 2.45) is 56.4 Å². The lowest BCUT2D eigenvalue weighted by atomic mass is 9.99. The zero-order valence-corrected chi connectivity index (χ0v) is 92.0. The molecule has 36 nitrogen and oxygen atoms in total. The fraction of sp³-hybridized carbons (Fsp3) is 0.750. The normalized spacial score (nSPS) is 22.3. The van der Waals surface area contributed by atoms with Crippen LogP contribution in [0.5, 0.6) is 0 Å². The summed E-state index contributed by atoms with van der Waals surface area (Å²) < 4.78 is 111. The first-order chi connectivity index (χ1) is 65.6. The van der Waals surface area contributed by atoms with Crippen LogP contribution in [0, 0.1) is 55.4 Å². The molecule has 16 atom stereocenters. The molecule has 16 heterocycles. The van der Waals surface area contributed by atoms with Gasteiger partial charge >= 0.3 is 0 Å². The predicted octanol–water partition coefficient (Wildman–Crippen LogP) is 5.73. The van der Waals surface area contributed by atoms with E-state index in [4.69, 9.17) is 57.4 Å². The van der Waals surface area contributed by atoms with Crippen molar-refractivity contribution < 1.29 is 111 Å². The molecule has 800 valence electrons. The van der Waals surface area contributed by atoms with Crippen LogP contribution in [0.3, 0.4) is 0 Å². The quantitative estimate of drug-likeness (QED) is 0.0325. The van der Waals surface area contributed by atoms with Gasteiger partial charge in [0, 0.05) is 104 Å². The number of aromatic nitrogens is 16. The molecule has 140 heavy (non-hydrogen) atoms. The number of rotatable bonds is 16. The summed E-state index contributed by atoms with van der Waals surface area (Å²) in [6.07, 6.45) is 66.7. The van der Waals surface area contributed by atoms with E-state index in [0.717, 1.165) is 0 Å². The molecule has 8 fully saturated rings. The van der Waals surface area contributed by atoms with E-state index in [2.05, 4.69) is 382 Å². The molecule has 8 saturated heterocycles. The first kappa shape index (κ1) is 124. The third kappa shape index (κ3) is 44.2. The molecule has 8 aliphatic rings. The van der Waals surface area contributed by atoms with Gasteiger partial charge in [-0.1, -0.05) is 51.4 Å². The molecule has 0 radical (unpaired) electrons. The van der Waals surface area contributed by atoms with Crippen molar-refractivity contribution in [1.29, 1.82) is 0 Å². The fourth-order valence-electron chi connectivity index (χ4n) is 19.9. The van der Waals surface area contributed by atoms with Crippen LogP contribution in [0.15, 0.2) is 99.1 Å². The minimum absolute atomic E-state index is 0.562. The first-order valence-corrected chi connectivity index (χ1v) is 56.3. The van der Waals surface area contributed by atoms with Crippen molar-refractivity contribution in [2.45, 2.75) is 362 Å². The van der Waals surface area contributed by atoms with Gasteiger partial charge in [-0.2, -0.15) is 0 Å². The highest BCUT2D eigenvalue weighted by molar-refractivity contribution is 7.43. The van der Waals surface area contributed by atoms with E-state index in [-0.39, 0.29) is 0 Å². The van der Waals surface area contributed by atoms with Gasteiger partial charge in [-0.25, -0.2) is 89.9 Å². The Labute approximate surface area is 833 Å². The average molecular weight is 2060 g/mol. The number of imidazole rings is 8. The highest BCUT2D eigenvalue weighted by Crippen LogP contribution is 2.30. The van der Waals surface area contributed by atoms with Crippen LogP contribution in [0.2, 0.25) is 0 Å². The van der Waals surface area contributed by atoms with Gasteiger partial charge in [0.2, 0.25) is 0 Å². The van der Waals surface area contributed by atoms with Crippen molar-refractivity contribution in [3.63, 3.8) is 0 Å². The van der Waals surface area contributed by atoms with Gasteiger partial charge in [0.1, 0.15) is 179 Å². The minimum atomic E-state index is -5.64. The zero-order valence-electron chi connectivity index (χ0n) is 88.5. The van der Waals surface area contributed by atoms with Crippen LogP contribution in [0.25, 0.3) is 0 Å². The van der Waals surface area contributed by atoms with Crippen molar-refractivity contribution in [1.82, 2.24) is 79.1 Å². The molecule has 8 aliphatic heterocycles. The Kier molecular flexibility index (Phi) is 54.4. The van der Waals surface area contributed by atoms with Gasteiger partial charge in [0.15, 0.2) is 0 Å². The number of nitrogens with one attached hydrogen (secondary N) is 8. The van der Waals surface area contributed by atoms with Gasteiger partial charge in [0.25, 0.3) is 46.6 Å². The molecule has 8 N–H and O–H groups in total. The molecule has 0 aliphatic carbocycles. The van der Waals surface area contributed by atoms with Crippen LogP contribution in [0.4, 0.5) is 16.8 Å². The van der Waals surface area contributed by atoms with E-state index in [9.17, 15) is 16.8 Å². The molecular weight excluding hydrogens is 1880 g/mol. The van der Waals surface area contributed by atoms with Crippen molar-refractivity contribution >= 4 is 31.6 Å². The molecule has 0 amide bonds. The van der Waals surface area contributed by atoms with E-state index >= 15 is 0 Å². The molecule has 8 aromatic heterocycles. The lowest BCUT2D eigenvalue weighted by Crippen LogP contribution is -2.41. The van der Waals surface area contributed by atoms with Crippen LogP contribution in [-0.4, -0.2) is 137 Å². The maximum Gasteiger partial charge on any atom is 0.253 e. The molecular formula is C96H176F4N24O12P4. The van der Waals surface area contributed by atoms with Gasteiger partial charge in [0.05, 0.1) is 56.4 Å². The highest BCUT2D eigenvalue weighted by Gasteiger charge is 2.35. The summed E-state index contributed by atoms with van der Waals surface area (Å²) >= 11 is 0. The van der Waals surface area contributed by atoms with Gasteiger partial charge in [-0.15, -0.1) is 0 Å². The molecule has 0 aromatic carbocycles. The lowest BCUT2D eigenvalue weighted by Gasteiger charge is -2.27. The number of hydrogen-bond acceptors (Lipinski definition) is 20. The summed E-state index contributed by atoms with van der Waals surface area (Å²) in [5, 5.41) is 29.0. The summed E-state index contributed by atoms with van der Waals surface area (Å²) in [6.45, 7) is 45.4. The third-order valence-corrected chi connectivity index (χ3v) is 29.6. The van der Waals surface area contributed by atoms with E-state index < -0.39 is 31.6 Å². The zero-order chi connectivity index (χ0) is 105. The number of hydrogen-bond donors (Lipinski definition) is 8. The Balaban J connectivity index is 0.000000274.